The fourth-order valence-electron chi connectivity index (χ4n) is 1.45. The first-order valence-electron chi connectivity index (χ1n) is 5.04. The summed E-state index contributed by atoms with van der Waals surface area (Å²) in [5, 5.41) is 9.17. The van der Waals surface area contributed by atoms with Gasteiger partial charge in [0.05, 0.1) is 12.8 Å². The van der Waals surface area contributed by atoms with Gasteiger partial charge in [0.25, 0.3) is 0 Å². The number of halogens is 1. The molecule has 2 heteroatoms. The predicted octanol–water partition coefficient (Wildman–Crippen LogP) is 2.51. The van der Waals surface area contributed by atoms with E-state index in [0.717, 1.165) is 17.5 Å². The molecule has 14 heavy (non-hydrogen) atoms. The van der Waals surface area contributed by atoms with Crippen LogP contribution >= 0.6 is 0 Å². The van der Waals surface area contributed by atoms with Crippen molar-refractivity contribution >= 4 is 0 Å². The molecule has 1 atom stereocenters. The molecule has 0 bridgehead atoms. The fraction of sp³-hybridized carbons (Fsp3) is 0.500. The molecule has 0 fully saturated rings. The molecule has 0 spiro atoms. The molecule has 1 N–H and O–H groups in total. The Kier molecular flexibility index (Phi) is 4.60. The quantitative estimate of drug-likeness (QED) is 0.767. The lowest BCUT2D eigenvalue weighted by Crippen LogP contribution is -2.03. The van der Waals surface area contributed by atoms with E-state index < -0.39 is 0 Å². The van der Waals surface area contributed by atoms with Crippen LogP contribution in [0.3, 0.4) is 0 Å². The van der Waals surface area contributed by atoms with Crippen LogP contribution in [0.5, 0.6) is 0 Å². The third-order valence-electron chi connectivity index (χ3n) is 2.15. The molecule has 0 saturated heterocycles. The summed E-state index contributed by atoms with van der Waals surface area (Å²) in [7, 11) is 0. The molecule has 1 nitrogen and oxygen atoms in total. The second-order valence-electron chi connectivity index (χ2n) is 3.66. The number of aliphatic hydroxyl groups excluding tert-OH is 1. The largest absolute Gasteiger partial charge is 0.393 e. The molecule has 0 aliphatic rings. The Hall–Kier alpha value is -0.890. The molecule has 0 saturated carbocycles. The average Bonchev–Trinajstić information content (AvgIpc) is 2.16. The number of hydrogen-bond acceptors (Lipinski definition) is 1. The van der Waals surface area contributed by atoms with Gasteiger partial charge in [0.2, 0.25) is 0 Å². The number of alkyl halides is 1. The van der Waals surface area contributed by atoms with Gasteiger partial charge in [-0.15, -0.1) is 0 Å². The zero-order valence-electron chi connectivity index (χ0n) is 8.54. The first kappa shape index (κ1) is 11.2. The van der Waals surface area contributed by atoms with Crippen molar-refractivity contribution in [3.05, 3.63) is 35.4 Å². The molecule has 1 unspecified atom stereocenters. The molecule has 0 aliphatic carbocycles. The zero-order chi connectivity index (χ0) is 10.4. The Balaban J connectivity index is 2.50. The minimum absolute atomic E-state index is 0.255. The van der Waals surface area contributed by atoms with Gasteiger partial charge in [-0.3, -0.25) is 4.39 Å². The maximum absolute atomic E-state index is 11.9. The van der Waals surface area contributed by atoms with Crippen LogP contribution in [0.1, 0.15) is 24.5 Å². The van der Waals surface area contributed by atoms with Crippen LogP contribution in [0.25, 0.3) is 0 Å². The van der Waals surface area contributed by atoms with E-state index in [2.05, 4.69) is 0 Å². The molecule has 1 aromatic rings. The second-order valence-corrected chi connectivity index (χ2v) is 3.66. The van der Waals surface area contributed by atoms with Gasteiger partial charge in [0, 0.05) is 0 Å². The summed E-state index contributed by atoms with van der Waals surface area (Å²) >= 11 is 0. The topological polar surface area (TPSA) is 20.2 Å². The second kappa shape index (κ2) is 5.76. The van der Waals surface area contributed by atoms with Gasteiger partial charge in [0.1, 0.15) is 0 Å². The molecular formula is C12H17FO. The Bertz CT molecular complexity index is 254. The summed E-state index contributed by atoms with van der Waals surface area (Å²) in [5.74, 6) is 0. The summed E-state index contributed by atoms with van der Waals surface area (Å²) in [6.45, 7) is 1.52. The van der Waals surface area contributed by atoms with Crippen molar-refractivity contribution in [3.63, 3.8) is 0 Å². The van der Waals surface area contributed by atoms with Gasteiger partial charge in [-0.2, -0.15) is 0 Å². The highest BCUT2D eigenvalue weighted by Gasteiger charge is 1.99. The average molecular weight is 196 g/mol. The van der Waals surface area contributed by atoms with Crippen LogP contribution in [-0.4, -0.2) is 17.9 Å². The van der Waals surface area contributed by atoms with Gasteiger partial charge < -0.3 is 5.11 Å². The molecule has 78 valence electrons. The first-order chi connectivity index (χ1) is 6.72. The Labute approximate surface area is 84.6 Å². The van der Waals surface area contributed by atoms with Crippen LogP contribution in [0, 0.1) is 0 Å². The Morgan fingerprint density at radius 3 is 2.29 bits per heavy atom. The monoisotopic (exact) mass is 196 g/mol. The highest BCUT2D eigenvalue weighted by atomic mass is 19.1. The summed E-state index contributed by atoms with van der Waals surface area (Å²) in [5.41, 5.74) is 2.29. The van der Waals surface area contributed by atoms with Crippen LogP contribution in [-0.2, 0) is 12.8 Å². The van der Waals surface area contributed by atoms with Gasteiger partial charge in [-0.25, -0.2) is 0 Å². The normalized spacial score (nSPS) is 12.8. The van der Waals surface area contributed by atoms with E-state index in [1.807, 2.05) is 24.3 Å². The number of benzene rings is 1. The summed E-state index contributed by atoms with van der Waals surface area (Å²) in [6, 6.07) is 8.02. The lowest BCUT2D eigenvalue weighted by atomic mass is 10.0. The molecule has 1 aromatic carbocycles. The number of rotatable bonds is 5. The molecule has 1 rings (SSSR count). The lowest BCUT2D eigenvalue weighted by Gasteiger charge is -2.05. The number of aryl methyl sites for hydroxylation is 1. The molecule has 0 heterocycles. The van der Waals surface area contributed by atoms with Gasteiger partial charge in [-0.05, 0) is 37.3 Å². The van der Waals surface area contributed by atoms with Crippen LogP contribution < -0.4 is 0 Å². The SMILES string of the molecule is CC(O)Cc1ccc(CCCF)cc1. The van der Waals surface area contributed by atoms with Crippen molar-refractivity contribution < 1.29 is 9.50 Å². The van der Waals surface area contributed by atoms with Crippen molar-refractivity contribution in [1.29, 1.82) is 0 Å². The predicted molar refractivity (Wildman–Crippen MR) is 56.1 cm³/mol. The first-order valence-corrected chi connectivity index (χ1v) is 5.04. The van der Waals surface area contributed by atoms with E-state index in [1.165, 1.54) is 0 Å². The highest BCUT2D eigenvalue weighted by Crippen LogP contribution is 2.08. The van der Waals surface area contributed by atoms with E-state index >= 15 is 0 Å². The molecule has 0 aliphatic heterocycles. The third-order valence-corrected chi connectivity index (χ3v) is 2.15. The summed E-state index contributed by atoms with van der Waals surface area (Å²) in [4.78, 5) is 0. The van der Waals surface area contributed by atoms with Crippen LogP contribution in [0.15, 0.2) is 24.3 Å². The standard InChI is InChI=1S/C12H17FO/c1-10(14)9-12-6-4-11(5-7-12)3-2-8-13/h4-7,10,14H,2-3,8-9H2,1H3. The summed E-state index contributed by atoms with van der Waals surface area (Å²) in [6.07, 6.45) is 1.77. The summed E-state index contributed by atoms with van der Waals surface area (Å²) < 4.78 is 11.9. The molecule has 0 amide bonds. The van der Waals surface area contributed by atoms with Crippen molar-refractivity contribution in [2.75, 3.05) is 6.67 Å². The van der Waals surface area contributed by atoms with Crippen molar-refractivity contribution in [2.24, 2.45) is 0 Å². The molecule has 0 radical (unpaired) electrons. The van der Waals surface area contributed by atoms with Gasteiger partial charge in [-0.1, -0.05) is 24.3 Å². The lowest BCUT2D eigenvalue weighted by molar-refractivity contribution is 0.195. The number of hydrogen-bond donors (Lipinski definition) is 1. The Morgan fingerprint density at radius 1 is 1.21 bits per heavy atom. The Morgan fingerprint density at radius 2 is 1.79 bits per heavy atom. The highest BCUT2D eigenvalue weighted by molar-refractivity contribution is 5.23. The fourth-order valence-corrected chi connectivity index (χ4v) is 1.45. The van der Waals surface area contributed by atoms with E-state index in [0.29, 0.717) is 12.8 Å². The zero-order valence-corrected chi connectivity index (χ0v) is 8.54. The minimum atomic E-state index is -0.299. The van der Waals surface area contributed by atoms with E-state index in [4.69, 9.17) is 5.11 Å². The van der Waals surface area contributed by atoms with Gasteiger partial charge >= 0.3 is 0 Å². The van der Waals surface area contributed by atoms with Crippen LogP contribution in [0.4, 0.5) is 4.39 Å². The van der Waals surface area contributed by atoms with E-state index in [-0.39, 0.29) is 12.8 Å². The van der Waals surface area contributed by atoms with E-state index in [1.54, 1.807) is 6.92 Å². The van der Waals surface area contributed by atoms with E-state index in [9.17, 15) is 4.39 Å². The smallest absolute Gasteiger partial charge is 0.0897 e. The number of aliphatic hydroxyl groups is 1. The van der Waals surface area contributed by atoms with Gasteiger partial charge in [0.15, 0.2) is 0 Å². The van der Waals surface area contributed by atoms with Crippen molar-refractivity contribution in [1.82, 2.24) is 0 Å². The minimum Gasteiger partial charge on any atom is -0.393 e. The maximum atomic E-state index is 11.9. The van der Waals surface area contributed by atoms with Crippen molar-refractivity contribution in [2.45, 2.75) is 32.3 Å². The van der Waals surface area contributed by atoms with Crippen molar-refractivity contribution in [3.8, 4) is 0 Å². The molecule has 0 aromatic heterocycles. The third kappa shape index (κ3) is 3.88. The maximum Gasteiger partial charge on any atom is 0.0897 e. The van der Waals surface area contributed by atoms with Crippen LogP contribution in [0.2, 0.25) is 0 Å². The molecular weight excluding hydrogens is 179 g/mol.